The van der Waals surface area contributed by atoms with Crippen molar-refractivity contribution in [2.45, 2.75) is 58.5 Å². The molecule has 29 heavy (non-hydrogen) atoms. The van der Waals surface area contributed by atoms with Crippen LogP contribution in [0.15, 0.2) is 24.3 Å². The zero-order valence-corrected chi connectivity index (χ0v) is 17.7. The van der Waals surface area contributed by atoms with Crippen LogP contribution >= 0.6 is 0 Å². The van der Waals surface area contributed by atoms with Gasteiger partial charge in [0.05, 0.1) is 0 Å². The Morgan fingerprint density at radius 3 is 2.59 bits per heavy atom. The lowest BCUT2D eigenvalue weighted by atomic mass is 9.77. The van der Waals surface area contributed by atoms with Crippen LogP contribution in [-0.4, -0.2) is 52.8 Å². The molecule has 1 saturated heterocycles. The number of urea groups is 1. The van der Waals surface area contributed by atoms with E-state index in [1.807, 2.05) is 24.3 Å². The number of imide groups is 1. The van der Waals surface area contributed by atoms with Gasteiger partial charge in [0.15, 0.2) is 0 Å². The third-order valence-electron chi connectivity index (χ3n) is 6.19. The summed E-state index contributed by atoms with van der Waals surface area (Å²) in [6, 6.07) is 7.22. The average molecular weight is 401 g/mol. The molecule has 2 aliphatic rings. The highest BCUT2D eigenvalue weighted by Gasteiger charge is 2.52. The SMILES string of the molecule is CCN(CC)Cc1cccc(NC(=O)CN2C(=O)NC3(CCC(C)CC3)C2=O)c1. The van der Waals surface area contributed by atoms with Crippen LogP contribution in [0.2, 0.25) is 0 Å². The number of hydrogen-bond donors (Lipinski definition) is 2. The number of carbonyl (C=O) groups excluding carboxylic acids is 3. The van der Waals surface area contributed by atoms with E-state index in [1.165, 1.54) is 0 Å². The Kier molecular flexibility index (Phi) is 6.57. The molecule has 2 N–H and O–H groups in total. The first kappa shape index (κ1) is 21.3. The van der Waals surface area contributed by atoms with E-state index in [2.05, 4.69) is 36.3 Å². The standard InChI is InChI=1S/C22H32N4O3/c1-4-25(5-2)14-17-7-6-8-18(13-17)23-19(27)15-26-20(28)22(24-21(26)29)11-9-16(3)10-12-22/h6-8,13,16H,4-5,9-12,14-15H2,1-3H3,(H,23,27)(H,24,29). The van der Waals surface area contributed by atoms with Crippen molar-refractivity contribution in [2.75, 3.05) is 25.0 Å². The van der Waals surface area contributed by atoms with E-state index in [0.29, 0.717) is 24.4 Å². The Balaban J connectivity index is 1.61. The monoisotopic (exact) mass is 400 g/mol. The minimum atomic E-state index is -0.812. The van der Waals surface area contributed by atoms with Gasteiger partial charge in [0, 0.05) is 12.2 Å². The maximum Gasteiger partial charge on any atom is 0.325 e. The van der Waals surface area contributed by atoms with E-state index < -0.39 is 11.6 Å². The average Bonchev–Trinajstić information content (AvgIpc) is 2.93. The van der Waals surface area contributed by atoms with Crippen molar-refractivity contribution in [3.8, 4) is 0 Å². The summed E-state index contributed by atoms with van der Waals surface area (Å²) in [7, 11) is 0. The van der Waals surface area contributed by atoms with E-state index in [9.17, 15) is 14.4 Å². The molecule has 1 aromatic rings. The Hall–Kier alpha value is -2.41. The number of anilines is 1. The number of benzene rings is 1. The number of nitrogens with zero attached hydrogens (tertiary/aromatic N) is 2. The molecule has 1 saturated carbocycles. The van der Waals surface area contributed by atoms with Gasteiger partial charge in [-0.1, -0.05) is 32.9 Å². The number of rotatable bonds is 7. The first-order valence-electron chi connectivity index (χ1n) is 10.6. The second-order valence-electron chi connectivity index (χ2n) is 8.30. The molecule has 0 aromatic heterocycles. The van der Waals surface area contributed by atoms with E-state index >= 15 is 0 Å². The molecule has 0 unspecified atom stereocenters. The van der Waals surface area contributed by atoms with E-state index in [-0.39, 0.29) is 18.4 Å². The van der Waals surface area contributed by atoms with Gasteiger partial charge in [0.2, 0.25) is 5.91 Å². The smallest absolute Gasteiger partial charge is 0.325 e. The highest BCUT2D eigenvalue weighted by Crippen LogP contribution is 2.36. The molecular formula is C22H32N4O3. The molecule has 7 nitrogen and oxygen atoms in total. The van der Waals surface area contributed by atoms with Crippen molar-refractivity contribution in [2.24, 2.45) is 5.92 Å². The number of amides is 4. The van der Waals surface area contributed by atoms with Gasteiger partial charge in [0.1, 0.15) is 12.1 Å². The van der Waals surface area contributed by atoms with Crippen molar-refractivity contribution in [3.05, 3.63) is 29.8 Å². The first-order chi connectivity index (χ1) is 13.9. The summed E-state index contributed by atoms with van der Waals surface area (Å²) < 4.78 is 0. The summed E-state index contributed by atoms with van der Waals surface area (Å²) in [6.07, 6.45) is 3.10. The van der Waals surface area contributed by atoms with Gasteiger partial charge in [-0.15, -0.1) is 0 Å². The quantitative estimate of drug-likeness (QED) is 0.690. The molecule has 2 fully saturated rings. The summed E-state index contributed by atoms with van der Waals surface area (Å²) in [6.45, 7) is 8.86. The summed E-state index contributed by atoms with van der Waals surface area (Å²) in [4.78, 5) is 41.1. The second kappa shape index (κ2) is 8.95. The lowest BCUT2D eigenvalue weighted by Crippen LogP contribution is -2.49. The molecule has 3 rings (SSSR count). The largest absolute Gasteiger partial charge is 0.325 e. The van der Waals surface area contributed by atoms with E-state index in [1.54, 1.807) is 0 Å². The van der Waals surface area contributed by atoms with Crippen LogP contribution in [0.25, 0.3) is 0 Å². The topological polar surface area (TPSA) is 81.8 Å². The normalized spacial score (nSPS) is 24.3. The lowest BCUT2D eigenvalue weighted by Gasteiger charge is -2.33. The Bertz CT molecular complexity index is 767. The molecule has 1 spiro atoms. The number of hydrogen-bond acceptors (Lipinski definition) is 4. The summed E-state index contributed by atoms with van der Waals surface area (Å²) in [5, 5.41) is 5.68. The third kappa shape index (κ3) is 4.78. The van der Waals surface area contributed by atoms with Crippen LogP contribution < -0.4 is 10.6 Å². The first-order valence-corrected chi connectivity index (χ1v) is 10.6. The van der Waals surface area contributed by atoms with Crippen LogP contribution in [0.5, 0.6) is 0 Å². The lowest BCUT2D eigenvalue weighted by molar-refractivity contribution is -0.135. The molecule has 1 aliphatic heterocycles. The fourth-order valence-electron chi connectivity index (χ4n) is 4.21. The molecular weight excluding hydrogens is 368 g/mol. The summed E-state index contributed by atoms with van der Waals surface area (Å²) in [5.74, 6) is -0.0687. The molecule has 7 heteroatoms. The molecule has 0 atom stereocenters. The molecule has 1 aromatic carbocycles. The van der Waals surface area contributed by atoms with Gasteiger partial charge < -0.3 is 10.6 Å². The minimum Gasteiger partial charge on any atom is -0.325 e. The summed E-state index contributed by atoms with van der Waals surface area (Å²) in [5.41, 5.74) is 0.970. The van der Waals surface area contributed by atoms with Gasteiger partial charge in [0.25, 0.3) is 5.91 Å². The van der Waals surface area contributed by atoms with Crippen LogP contribution in [0, 0.1) is 5.92 Å². The van der Waals surface area contributed by atoms with Crippen molar-refractivity contribution in [3.63, 3.8) is 0 Å². The Labute approximate surface area is 172 Å². The van der Waals surface area contributed by atoms with Gasteiger partial charge in [-0.05, 0) is 62.4 Å². The van der Waals surface area contributed by atoms with Crippen molar-refractivity contribution in [1.29, 1.82) is 0 Å². The Morgan fingerprint density at radius 2 is 1.93 bits per heavy atom. The van der Waals surface area contributed by atoms with Gasteiger partial charge in [-0.25, -0.2) is 4.79 Å². The maximum atomic E-state index is 12.9. The molecule has 4 amide bonds. The van der Waals surface area contributed by atoms with E-state index in [4.69, 9.17) is 0 Å². The molecule has 0 bridgehead atoms. The molecule has 158 valence electrons. The van der Waals surface area contributed by atoms with Crippen LogP contribution in [-0.2, 0) is 16.1 Å². The van der Waals surface area contributed by atoms with Gasteiger partial charge >= 0.3 is 6.03 Å². The van der Waals surface area contributed by atoms with Crippen LogP contribution in [0.1, 0.15) is 52.0 Å². The zero-order valence-electron chi connectivity index (χ0n) is 17.7. The predicted molar refractivity (Wildman–Crippen MR) is 112 cm³/mol. The highest BCUT2D eigenvalue weighted by atomic mass is 16.2. The summed E-state index contributed by atoms with van der Waals surface area (Å²) >= 11 is 0. The third-order valence-corrected chi connectivity index (χ3v) is 6.19. The maximum absolute atomic E-state index is 12.9. The predicted octanol–water partition coefficient (Wildman–Crippen LogP) is 2.97. The zero-order chi connectivity index (χ0) is 21.0. The van der Waals surface area contributed by atoms with E-state index in [0.717, 1.165) is 42.9 Å². The van der Waals surface area contributed by atoms with Crippen molar-refractivity contribution in [1.82, 2.24) is 15.1 Å². The number of nitrogens with one attached hydrogen (secondary N) is 2. The van der Waals surface area contributed by atoms with Crippen molar-refractivity contribution < 1.29 is 14.4 Å². The Morgan fingerprint density at radius 1 is 1.24 bits per heavy atom. The minimum absolute atomic E-state index is 0.262. The molecule has 1 heterocycles. The van der Waals surface area contributed by atoms with Gasteiger partial charge in [-0.2, -0.15) is 0 Å². The van der Waals surface area contributed by atoms with Gasteiger partial charge in [-0.3, -0.25) is 19.4 Å². The van der Waals surface area contributed by atoms with Crippen molar-refractivity contribution >= 4 is 23.5 Å². The fraction of sp³-hybridized carbons (Fsp3) is 0.591. The second-order valence-corrected chi connectivity index (χ2v) is 8.30. The highest BCUT2D eigenvalue weighted by molar-refractivity contribution is 6.10. The van der Waals surface area contributed by atoms with Crippen LogP contribution in [0.4, 0.5) is 10.5 Å². The molecule has 1 aliphatic carbocycles. The van der Waals surface area contributed by atoms with Crippen LogP contribution in [0.3, 0.4) is 0 Å². The molecule has 0 radical (unpaired) electrons. The number of carbonyl (C=O) groups is 3. The fourth-order valence-corrected chi connectivity index (χ4v) is 4.21.